The minimum Gasteiger partial charge on any atom is -0.317 e. The number of nitrogens with zero attached hydrogens (tertiary/aromatic N) is 3. The van der Waals surface area contributed by atoms with E-state index in [4.69, 9.17) is 0 Å². The largest absolute Gasteiger partial charge is 0.317 e. The molecule has 0 spiro atoms. The number of rotatable bonds is 6. The highest BCUT2D eigenvalue weighted by Crippen LogP contribution is 2.37. The van der Waals surface area contributed by atoms with Gasteiger partial charge in [0.1, 0.15) is 11.1 Å². The lowest BCUT2D eigenvalue weighted by molar-refractivity contribution is -0.116. The Kier molecular flexibility index (Phi) is 7.10. The molecule has 1 N–H and O–H groups in total. The Morgan fingerprint density at radius 1 is 1.18 bits per heavy atom. The van der Waals surface area contributed by atoms with E-state index in [-0.39, 0.29) is 11.7 Å². The van der Waals surface area contributed by atoms with E-state index in [1.54, 1.807) is 18.3 Å². The van der Waals surface area contributed by atoms with Gasteiger partial charge < -0.3 is 10.2 Å². The van der Waals surface area contributed by atoms with Gasteiger partial charge in [-0.25, -0.2) is 8.42 Å². The van der Waals surface area contributed by atoms with Crippen molar-refractivity contribution in [3.8, 4) is 6.07 Å². The van der Waals surface area contributed by atoms with Gasteiger partial charge in [0.2, 0.25) is 15.9 Å². The average molecular weight is 425 g/mol. The van der Waals surface area contributed by atoms with Crippen molar-refractivity contribution in [2.75, 3.05) is 43.8 Å². The highest BCUT2D eigenvalue weighted by atomic mass is 32.2. The lowest BCUT2D eigenvalue weighted by atomic mass is 10.1. The molecule has 7 nitrogen and oxygen atoms in total. The molecular weight excluding hydrogens is 396 g/mol. The van der Waals surface area contributed by atoms with Crippen LogP contribution in [0.15, 0.2) is 0 Å². The zero-order chi connectivity index (χ0) is 20.1. The highest BCUT2D eigenvalue weighted by molar-refractivity contribution is 7.89. The number of carbonyl (C=O) groups excluding carboxylic acids is 1. The predicted molar refractivity (Wildman–Crippen MR) is 111 cm³/mol. The first-order chi connectivity index (χ1) is 13.4. The van der Waals surface area contributed by atoms with Gasteiger partial charge in [-0.1, -0.05) is 6.42 Å². The molecule has 0 aromatic carbocycles. The van der Waals surface area contributed by atoms with Gasteiger partial charge in [-0.2, -0.15) is 9.57 Å². The molecule has 1 aliphatic heterocycles. The van der Waals surface area contributed by atoms with E-state index in [9.17, 15) is 18.5 Å². The molecule has 1 amide bonds. The van der Waals surface area contributed by atoms with Crippen LogP contribution in [0.4, 0.5) is 5.00 Å². The average Bonchev–Trinajstić information content (AvgIpc) is 2.85. The molecule has 0 saturated carbocycles. The van der Waals surface area contributed by atoms with E-state index in [1.165, 1.54) is 15.6 Å². The van der Waals surface area contributed by atoms with E-state index in [0.717, 1.165) is 31.2 Å². The molecule has 154 valence electrons. The Bertz CT molecular complexity index is 849. The van der Waals surface area contributed by atoms with Crippen molar-refractivity contribution in [1.82, 2.24) is 9.21 Å². The molecule has 2 heterocycles. The lowest BCUT2D eigenvalue weighted by Crippen LogP contribution is -2.49. The summed E-state index contributed by atoms with van der Waals surface area (Å²) in [5.74, 6) is 0.0399. The number of fused-ring (bicyclic) bond motifs is 1. The fourth-order valence-electron chi connectivity index (χ4n) is 3.81. The van der Waals surface area contributed by atoms with Gasteiger partial charge >= 0.3 is 0 Å². The van der Waals surface area contributed by atoms with Gasteiger partial charge in [0.25, 0.3) is 0 Å². The number of hydrogen-bond donors (Lipinski definition) is 1. The molecule has 2 aliphatic rings. The summed E-state index contributed by atoms with van der Waals surface area (Å²) in [6, 6.07) is 2.29. The SMILES string of the molecule is CCS(=O)(=O)N1CCN(CCC(=O)Nc2sc3c(c2C#N)CCCCC3)CC1. The van der Waals surface area contributed by atoms with E-state index < -0.39 is 10.0 Å². The summed E-state index contributed by atoms with van der Waals surface area (Å²) < 4.78 is 25.4. The van der Waals surface area contributed by atoms with Crippen LogP contribution in [0.3, 0.4) is 0 Å². The van der Waals surface area contributed by atoms with Crippen molar-refractivity contribution in [3.63, 3.8) is 0 Å². The summed E-state index contributed by atoms with van der Waals surface area (Å²) in [7, 11) is -3.13. The molecule has 0 unspecified atom stereocenters. The number of amides is 1. The molecular formula is C19H28N4O3S2. The van der Waals surface area contributed by atoms with Crippen molar-refractivity contribution in [2.24, 2.45) is 0 Å². The minimum absolute atomic E-state index is 0.0866. The Morgan fingerprint density at radius 2 is 1.89 bits per heavy atom. The summed E-state index contributed by atoms with van der Waals surface area (Å²) in [6.45, 7) is 4.50. The van der Waals surface area contributed by atoms with Crippen LogP contribution in [0.2, 0.25) is 0 Å². The van der Waals surface area contributed by atoms with Gasteiger partial charge in [0.15, 0.2) is 0 Å². The minimum atomic E-state index is -3.13. The maximum atomic E-state index is 12.4. The zero-order valence-electron chi connectivity index (χ0n) is 16.4. The van der Waals surface area contributed by atoms with Crippen LogP contribution in [0, 0.1) is 11.3 Å². The van der Waals surface area contributed by atoms with Gasteiger partial charge in [0, 0.05) is 44.0 Å². The van der Waals surface area contributed by atoms with Gasteiger partial charge in [-0.05, 0) is 38.2 Å². The number of carbonyl (C=O) groups is 1. The third-order valence-corrected chi connectivity index (χ3v) is 8.62. The van der Waals surface area contributed by atoms with Crippen LogP contribution in [0.1, 0.15) is 48.6 Å². The van der Waals surface area contributed by atoms with Crippen molar-refractivity contribution >= 4 is 32.3 Å². The van der Waals surface area contributed by atoms with E-state index >= 15 is 0 Å². The van der Waals surface area contributed by atoms with Crippen molar-refractivity contribution < 1.29 is 13.2 Å². The second-order valence-corrected chi connectivity index (χ2v) is 10.7. The van der Waals surface area contributed by atoms with Crippen LogP contribution in [-0.2, 0) is 27.7 Å². The molecule has 1 saturated heterocycles. The molecule has 1 aromatic heterocycles. The molecule has 9 heteroatoms. The Hall–Kier alpha value is -1.47. The van der Waals surface area contributed by atoms with Gasteiger partial charge in [-0.3, -0.25) is 4.79 Å². The van der Waals surface area contributed by atoms with E-state index in [1.807, 2.05) is 0 Å². The fraction of sp³-hybridized carbons (Fsp3) is 0.684. The van der Waals surface area contributed by atoms with Crippen LogP contribution >= 0.6 is 11.3 Å². The highest BCUT2D eigenvalue weighted by Gasteiger charge is 2.26. The first kappa shape index (κ1) is 21.2. The summed E-state index contributed by atoms with van der Waals surface area (Å²) in [5, 5.41) is 13.2. The maximum absolute atomic E-state index is 12.4. The summed E-state index contributed by atoms with van der Waals surface area (Å²) in [4.78, 5) is 15.8. The standard InChI is InChI=1S/C19H28N4O3S2/c1-2-28(25,26)23-12-10-22(11-13-23)9-8-18(24)21-19-16(14-20)15-6-4-3-5-7-17(15)27-19/h2-13H2,1H3,(H,21,24). The molecule has 0 bridgehead atoms. The number of thiophene rings is 1. The summed E-state index contributed by atoms with van der Waals surface area (Å²) in [5.41, 5.74) is 1.78. The van der Waals surface area contributed by atoms with Gasteiger partial charge in [0.05, 0.1) is 11.3 Å². The Labute approximate surface area is 171 Å². The lowest BCUT2D eigenvalue weighted by Gasteiger charge is -2.33. The van der Waals surface area contributed by atoms with Crippen LogP contribution < -0.4 is 5.32 Å². The molecule has 0 atom stereocenters. The van der Waals surface area contributed by atoms with Crippen LogP contribution in [-0.4, -0.2) is 62.0 Å². The molecule has 28 heavy (non-hydrogen) atoms. The Balaban J connectivity index is 1.51. The van der Waals surface area contributed by atoms with Crippen molar-refractivity contribution in [3.05, 3.63) is 16.0 Å². The molecule has 1 aromatic rings. The smallest absolute Gasteiger partial charge is 0.226 e. The second kappa shape index (κ2) is 9.35. The number of nitrogens with one attached hydrogen (secondary N) is 1. The zero-order valence-corrected chi connectivity index (χ0v) is 18.0. The fourth-order valence-corrected chi connectivity index (χ4v) is 6.15. The second-order valence-electron chi connectivity index (χ2n) is 7.32. The first-order valence-corrected chi connectivity index (χ1v) is 12.4. The number of nitriles is 1. The Morgan fingerprint density at radius 3 is 2.57 bits per heavy atom. The quantitative estimate of drug-likeness (QED) is 0.707. The van der Waals surface area contributed by atoms with Crippen molar-refractivity contribution in [2.45, 2.75) is 45.4 Å². The van der Waals surface area contributed by atoms with Gasteiger partial charge in [-0.15, -0.1) is 11.3 Å². The molecule has 3 rings (SSSR count). The van der Waals surface area contributed by atoms with Crippen LogP contribution in [0.5, 0.6) is 0 Å². The number of anilines is 1. The van der Waals surface area contributed by atoms with Crippen LogP contribution in [0.25, 0.3) is 0 Å². The number of sulfonamides is 1. The maximum Gasteiger partial charge on any atom is 0.226 e. The summed E-state index contributed by atoms with van der Waals surface area (Å²) in [6.07, 6.45) is 5.71. The van der Waals surface area contributed by atoms with Crippen molar-refractivity contribution in [1.29, 1.82) is 5.26 Å². The normalized spacial score (nSPS) is 18.9. The molecule has 0 radical (unpaired) electrons. The summed E-state index contributed by atoms with van der Waals surface area (Å²) >= 11 is 1.55. The number of aryl methyl sites for hydroxylation is 1. The third-order valence-electron chi connectivity index (χ3n) is 5.53. The third kappa shape index (κ3) is 4.92. The monoisotopic (exact) mass is 424 g/mol. The number of hydrogen-bond acceptors (Lipinski definition) is 6. The topological polar surface area (TPSA) is 93.5 Å². The number of piperazine rings is 1. The van der Waals surface area contributed by atoms with E-state index in [2.05, 4.69) is 16.3 Å². The molecule has 1 aliphatic carbocycles. The first-order valence-electron chi connectivity index (χ1n) is 9.99. The predicted octanol–water partition coefficient (Wildman–Crippen LogP) is 2.18. The van der Waals surface area contributed by atoms with E-state index in [0.29, 0.717) is 49.7 Å². The molecule has 1 fully saturated rings.